The number of carbonyl (C=O) groups is 1. The lowest BCUT2D eigenvalue weighted by molar-refractivity contribution is 0.0695. The fourth-order valence-corrected chi connectivity index (χ4v) is 2.20. The molecule has 0 radical (unpaired) electrons. The third kappa shape index (κ3) is 2.13. The maximum absolute atomic E-state index is 11.0. The monoisotopic (exact) mass is 242 g/mol. The van der Waals surface area contributed by atoms with Crippen molar-refractivity contribution in [1.82, 2.24) is 0 Å². The molecule has 1 aromatic carbocycles. The Morgan fingerprint density at radius 1 is 1.25 bits per heavy atom. The standard InChI is InChI=1S/C11H14N2O2.ClH/c12-13-10-6-5-9(11(14)15)7-3-1-2-4-8(7)10;/h5-6,13H,1-4,12H2,(H,14,15);1H. The van der Waals surface area contributed by atoms with Crippen molar-refractivity contribution in [3.63, 3.8) is 0 Å². The number of nitrogens with two attached hydrogens (primary N) is 1. The first kappa shape index (κ1) is 12.8. The van der Waals surface area contributed by atoms with Crippen LogP contribution in [0, 0.1) is 0 Å². The van der Waals surface area contributed by atoms with Crippen molar-refractivity contribution in [3.8, 4) is 0 Å². The topological polar surface area (TPSA) is 75.3 Å². The number of benzene rings is 1. The summed E-state index contributed by atoms with van der Waals surface area (Å²) < 4.78 is 0. The second kappa shape index (κ2) is 5.18. The first-order chi connectivity index (χ1) is 7.24. The van der Waals surface area contributed by atoms with E-state index in [1.165, 1.54) is 0 Å². The Balaban J connectivity index is 0.00000128. The number of carboxylic acids is 1. The quantitative estimate of drug-likeness (QED) is 0.548. The molecule has 1 aliphatic rings. The fourth-order valence-electron chi connectivity index (χ4n) is 2.20. The molecule has 16 heavy (non-hydrogen) atoms. The molecule has 1 aromatic rings. The van der Waals surface area contributed by atoms with E-state index in [0.29, 0.717) is 5.56 Å². The van der Waals surface area contributed by atoms with Crippen molar-refractivity contribution >= 4 is 24.1 Å². The average molecular weight is 243 g/mol. The number of carboxylic acid groups (broad SMARTS) is 1. The van der Waals surface area contributed by atoms with Crippen molar-refractivity contribution in [3.05, 3.63) is 28.8 Å². The minimum absolute atomic E-state index is 0. The summed E-state index contributed by atoms with van der Waals surface area (Å²) in [5.41, 5.74) is 5.93. The van der Waals surface area contributed by atoms with Gasteiger partial charge in [-0.1, -0.05) is 0 Å². The summed E-state index contributed by atoms with van der Waals surface area (Å²) >= 11 is 0. The summed E-state index contributed by atoms with van der Waals surface area (Å²) in [6.45, 7) is 0. The first-order valence-electron chi connectivity index (χ1n) is 5.08. The zero-order chi connectivity index (χ0) is 10.8. The van der Waals surface area contributed by atoms with Gasteiger partial charge in [0, 0.05) is 0 Å². The lowest BCUT2D eigenvalue weighted by Crippen LogP contribution is -2.16. The van der Waals surface area contributed by atoms with Crippen LogP contribution in [0.3, 0.4) is 0 Å². The predicted octanol–water partition coefficient (Wildman–Crippen LogP) is 1.97. The molecule has 4 nitrogen and oxygen atoms in total. The van der Waals surface area contributed by atoms with E-state index in [0.717, 1.165) is 42.5 Å². The van der Waals surface area contributed by atoms with Crippen LogP contribution < -0.4 is 11.3 Å². The second-order valence-corrected chi connectivity index (χ2v) is 3.77. The number of fused-ring (bicyclic) bond motifs is 1. The Morgan fingerprint density at radius 3 is 2.44 bits per heavy atom. The van der Waals surface area contributed by atoms with Gasteiger partial charge < -0.3 is 10.5 Å². The highest BCUT2D eigenvalue weighted by Gasteiger charge is 2.19. The molecule has 0 bridgehead atoms. The molecule has 0 atom stereocenters. The molecular formula is C11H15ClN2O2. The molecule has 0 amide bonds. The van der Waals surface area contributed by atoms with Crippen molar-refractivity contribution in [1.29, 1.82) is 0 Å². The molecule has 0 heterocycles. The average Bonchev–Trinajstić information content (AvgIpc) is 2.27. The number of rotatable bonds is 2. The van der Waals surface area contributed by atoms with Gasteiger partial charge in [0.1, 0.15) is 0 Å². The zero-order valence-electron chi connectivity index (χ0n) is 8.82. The first-order valence-corrected chi connectivity index (χ1v) is 5.08. The number of halogens is 1. The molecule has 0 unspecified atom stereocenters. The van der Waals surface area contributed by atoms with E-state index < -0.39 is 5.97 Å². The Labute approximate surface area is 100 Å². The lowest BCUT2D eigenvalue weighted by Gasteiger charge is -2.20. The highest BCUT2D eigenvalue weighted by Crippen LogP contribution is 2.30. The van der Waals surface area contributed by atoms with Crippen LogP contribution in [0.2, 0.25) is 0 Å². The summed E-state index contributed by atoms with van der Waals surface area (Å²) in [4.78, 5) is 11.0. The van der Waals surface area contributed by atoms with E-state index in [1.807, 2.05) is 0 Å². The van der Waals surface area contributed by atoms with Crippen molar-refractivity contribution < 1.29 is 9.90 Å². The van der Waals surface area contributed by atoms with Crippen LogP contribution in [0.15, 0.2) is 12.1 Å². The molecule has 88 valence electrons. The molecule has 5 heteroatoms. The Kier molecular flexibility index (Phi) is 4.15. The summed E-state index contributed by atoms with van der Waals surface area (Å²) in [6.07, 6.45) is 3.91. The van der Waals surface area contributed by atoms with Crippen LogP contribution in [-0.2, 0) is 12.8 Å². The molecule has 0 saturated heterocycles. The number of aromatic carboxylic acids is 1. The zero-order valence-corrected chi connectivity index (χ0v) is 9.64. The van der Waals surface area contributed by atoms with Crippen molar-refractivity contribution in [2.45, 2.75) is 25.7 Å². The van der Waals surface area contributed by atoms with Gasteiger partial charge >= 0.3 is 5.97 Å². The smallest absolute Gasteiger partial charge is 0.335 e. The number of hydrogen-bond acceptors (Lipinski definition) is 3. The van der Waals surface area contributed by atoms with Gasteiger partial charge in [-0.25, -0.2) is 4.79 Å². The van der Waals surface area contributed by atoms with Gasteiger partial charge in [0.2, 0.25) is 0 Å². The highest BCUT2D eigenvalue weighted by atomic mass is 35.5. The van der Waals surface area contributed by atoms with Gasteiger partial charge in [0.25, 0.3) is 0 Å². The molecule has 0 saturated carbocycles. The van der Waals surface area contributed by atoms with Gasteiger partial charge in [0.05, 0.1) is 11.3 Å². The Hall–Kier alpha value is -1.26. The van der Waals surface area contributed by atoms with Gasteiger partial charge in [-0.15, -0.1) is 12.4 Å². The molecule has 1 aliphatic carbocycles. The largest absolute Gasteiger partial charge is 0.478 e. The molecule has 2 rings (SSSR count). The van der Waals surface area contributed by atoms with Crippen LogP contribution in [0.5, 0.6) is 0 Å². The number of nitrogen functional groups attached to an aromatic ring is 1. The summed E-state index contributed by atoms with van der Waals surface area (Å²) in [5.74, 6) is 4.55. The number of hydrazine groups is 1. The van der Waals surface area contributed by atoms with Crippen molar-refractivity contribution in [2.75, 3.05) is 5.43 Å². The molecular weight excluding hydrogens is 228 g/mol. The minimum atomic E-state index is -0.850. The molecule has 0 aromatic heterocycles. The van der Waals surface area contributed by atoms with E-state index in [-0.39, 0.29) is 12.4 Å². The maximum atomic E-state index is 11.0. The normalized spacial score (nSPS) is 13.6. The summed E-state index contributed by atoms with van der Waals surface area (Å²) in [6, 6.07) is 3.37. The second-order valence-electron chi connectivity index (χ2n) is 3.77. The van der Waals surface area contributed by atoms with Crippen LogP contribution in [0.1, 0.15) is 34.3 Å². The van der Waals surface area contributed by atoms with E-state index in [1.54, 1.807) is 12.1 Å². The summed E-state index contributed by atoms with van der Waals surface area (Å²) in [7, 11) is 0. The van der Waals surface area contributed by atoms with Crippen LogP contribution in [0.25, 0.3) is 0 Å². The van der Waals surface area contributed by atoms with E-state index in [2.05, 4.69) is 5.43 Å². The Bertz CT molecular complexity index is 407. The van der Waals surface area contributed by atoms with Gasteiger partial charge in [-0.3, -0.25) is 5.84 Å². The Morgan fingerprint density at radius 2 is 1.88 bits per heavy atom. The van der Waals surface area contributed by atoms with Gasteiger partial charge in [-0.05, 0) is 48.9 Å². The summed E-state index contributed by atoms with van der Waals surface area (Å²) in [5, 5.41) is 9.05. The SMILES string of the molecule is Cl.NNc1ccc(C(=O)O)c2c1CCCC2. The highest BCUT2D eigenvalue weighted by molar-refractivity contribution is 5.91. The van der Waals surface area contributed by atoms with E-state index >= 15 is 0 Å². The molecule has 0 spiro atoms. The molecule has 0 aliphatic heterocycles. The van der Waals surface area contributed by atoms with E-state index in [4.69, 9.17) is 10.9 Å². The number of nitrogens with one attached hydrogen (secondary N) is 1. The number of hydrogen-bond donors (Lipinski definition) is 3. The third-order valence-corrected chi connectivity index (χ3v) is 2.92. The van der Waals surface area contributed by atoms with E-state index in [9.17, 15) is 4.79 Å². The molecule has 0 fully saturated rings. The molecule has 4 N–H and O–H groups in total. The van der Waals surface area contributed by atoms with Crippen LogP contribution >= 0.6 is 12.4 Å². The maximum Gasteiger partial charge on any atom is 0.335 e. The predicted molar refractivity (Wildman–Crippen MR) is 65.1 cm³/mol. The lowest BCUT2D eigenvalue weighted by atomic mass is 9.87. The third-order valence-electron chi connectivity index (χ3n) is 2.92. The fraction of sp³-hybridized carbons (Fsp3) is 0.364. The van der Waals surface area contributed by atoms with Crippen LogP contribution in [-0.4, -0.2) is 11.1 Å². The van der Waals surface area contributed by atoms with Crippen molar-refractivity contribution in [2.24, 2.45) is 5.84 Å². The van der Waals surface area contributed by atoms with Gasteiger partial charge in [0.15, 0.2) is 0 Å². The number of anilines is 1. The van der Waals surface area contributed by atoms with Crippen LogP contribution in [0.4, 0.5) is 5.69 Å². The van der Waals surface area contributed by atoms with Gasteiger partial charge in [-0.2, -0.15) is 0 Å². The minimum Gasteiger partial charge on any atom is -0.478 e.